The van der Waals surface area contributed by atoms with Crippen LogP contribution in [0.1, 0.15) is 37.9 Å². The number of aryl methyl sites for hydroxylation is 1. The van der Waals surface area contributed by atoms with Gasteiger partial charge in [-0.25, -0.2) is 4.98 Å². The van der Waals surface area contributed by atoms with Gasteiger partial charge in [0.2, 0.25) is 5.91 Å². The lowest BCUT2D eigenvalue weighted by atomic mass is 10.1. The zero-order valence-electron chi connectivity index (χ0n) is 21.4. The summed E-state index contributed by atoms with van der Waals surface area (Å²) in [5.74, 6) is 3.49. The Balaban J connectivity index is 1.28. The maximum absolute atomic E-state index is 13.1. The molecule has 3 aromatic carbocycles. The van der Waals surface area contributed by atoms with E-state index in [4.69, 9.17) is 19.2 Å². The average Bonchev–Trinajstić information content (AvgIpc) is 3.49. The minimum atomic E-state index is 0.0186. The van der Waals surface area contributed by atoms with E-state index in [2.05, 4.69) is 10.6 Å². The van der Waals surface area contributed by atoms with Crippen LogP contribution in [0, 0.1) is 0 Å². The number of rotatable bonds is 11. The Morgan fingerprint density at radius 2 is 1.68 bits per heavy atom. The quantitative estimate of drug-likeness (QED) is 0.243. The van der Waals surface area contributed by atoms with Gasteiger partial charge in [0, 0.05) is 25.4 Å². The molecule has 192 valence electrons. The first-order valence-corrected chi connectivity index (χ1v) is 12.9. The molecule has 1 unspecified atom stereocenters. The lowest BCUT2D eigenvalue weighted by molar-refractivity contribution is -0.117. The minimum Gasteiger partial charge on any atom is -0.497 e. The van der Waals surface area contributed by atoms with Crippen molar-refractivity contribution in [1.82, 2.24) is 9.55 Å². The molecule has 1 aromatic heterocycles. The van der Waals surface area contributed by atoms with Crippen molar-refractivity contribution in [2.24, 2.45) is 0 Å². The van der Waals surface area contributed by atoms with Crippen LogP contribution in [0.15, 0.2) is 72.8 Å². The predicted molar refractivity (Wildman–Crippen MR) is 145 cm³/mol. The number of carbonyl (C=O) groups excluding carboxylic acids is 1. The molecule has 1 aliphatic rings. The van der Waals surface area contributed by atoms with Crippen LogP contribution in [-0.2, 0) is 11.3 Å². The van der Waals surface area contributed by atoms with Gasteiger partial charge < -0.3 is 23.7 Å². The van der Waals surface area contributed by atoms with Gasteiger partial charge in [-0.3, -0.25) is 4.79 Å². The summed E-state index contributed by atoms with van der Waals surface area (Å²) in [4.78, 5) is 20.0. The Bertz CT molecular complexity index is 1350. The number of unbranched alkanes of at least 4 members (excludes halogenated alkanes) is 1. The molecular formula is C30H33N3O4. The molecule has 0 bridgehead atoms. The van der Waals surface area contributed by atoms with Crippen LogP contribution in [0.5, 0.6) is 17.2 Å². The Morgan fingerprint density at radius 1 is 0.919 bits per heavy atom. The zero-order valence-corrected chi connectivity index (χ0v) is 21.4. The summed E-state index contributed by atoms with van der Waals surface area (Å²) in [7, 11) is 1.66. The van der Waals surface area contributed by atoms with E-state index in [0.29, 0.717) is 26.2 Å². The highest BCUT2D eigenvalue weighted by Gasteiger charge is 2.35. The Hall–Kier alpha value is -4.00. The smallest absolute Gasteiger partial charge is 0.227 e. The molecule has 1 atom stereocenters. The van der Waals surface area contributed by atoms with Gasteiger partial charge >= 0.3 is 0 Å². The van der Waals surface area contributed by atoms with E-state index in [1.54, 1.807) is 7.11 Å². The van der Waals surface area contributed by atoms with Crippen molar-refractivity contribution in [2.45, 2.75) is 38.6 Å². The molecule has 0 spiro atoms. The highest BCUT2D eigenvalue weighted by molar-refractivity contribution is 5.97. The van der Waals surface area contributed by atoms with E-state index >= 15 is 0 Å². The van der Waals surface area contributed by atoms with E-state index in [9.17, 15) is 4.79 Å². The third-order valence-corrected chi connectivity index (χ3v) is 6.73. The second-order valence-corrected chi connectivity index (χ2v) is 9.15. The zero-order chi connectivity index (χ0) is 25.6. The Labute approximate surface area is 217 Å². The summed E-state index contributed by atoms with van der Waals surface area (Å²) in [5, 5.41) is 0. The van der Waals surface area contributed by atoms with Crippen LogP contribution >= 0.6 is 0 Å². The summed E-state index contributed by atoms with van der Waals surface area (Å²) >= 11 is 0. The third kappa shape index (κ3) is 5.40. The Morgan fingerprint density at radius 3 is 2.49 bits per heavy atom. The first-order chi connectivity index (χ1) is 18.2. The number of hydrogen-bond acceptors (Lipinski definition) is 5. The first-order valence-electron chi connectivity index (χ1n) is 12.9. The van der Waals surface area contributed by atoms with Gasteiger partial charge in [0.1, 0.15) is 23.1 Å². The van der Waals surface area contributed by atoms with Gasteiger partial charge in [-0.15, -0.1) is 0 Å². The molecule has 0 N–H and O–H groups in total. The van der Waals surface area contributed by atoms with E-state index in [0.717, 1.165) is 59.2 Å². The van der Waals surface area contributed by atoms with Gasteiger partial charge in [-0.1, -0.05) is 24.3 Å². The van der Waals surface area contributed by atoms with Gasteiger partial charge in [-0.05, 0) is 68.3 Å². The molecular weight excluding hydrogens is 466 g/mol. The molecule has 7 heteroatoms. The molecule has 0 radical (unpaired) electrons. The molecule has 4 aromatic rings. The highest BCUT2D eigenvalue weighted by Crippen LogP contribution is 2.37. The van der Waals surface area contributed by atoms with Crippen LogP contribution in [0.3, 0.4) is 0 Å². The van der Waals surface area contributed by atoms with Gasteiger partial charge in [-0.2, -0.15) is 0 Å². The lowest BCUT2D eigenvalue weighted by Crippen LogP contribution is -2.25. The summed E-state index contributed by atoms with van der Waals surface area (Å²) in [6.45, 7) is 4.56. The number of fused-ring (bicyclic) bond motifs is 1. The van der Waals surface area contributed by atoms with Crippen molar-refractivity contribution in [3.05, 3.63) is 78.6 Å². The number of aromatic nitrogens is 2. The van der Waals surface area contributed by atoms with Crippen molar-refractivity contribution in [3.8, 4) is 17.2 Å². The van der Waals surface area contributed by atoms with E-state index in [-0.39, 0.29) is 11.8 Å². The predicted octanol–water partition coefficient (Wildman–Crippen LogP) is 5.82. The Kier molecular flexibility index (Phi) is 7.59. The van der Waals surface area contributed by atoms with Crippen LogP contribution in [0.25, 0.3) is 11.0 Å². The molecule has 7 nitrogen and oxygen atoms in total. The number of nitrogens with zero attached hydrogens (tertiary/aromatic N) is 3. The average molecular weight is 500 g/mol. The number of ether oxygens (including phenoxy) is 3. The molecule has 1 fully saturated rings. The number of para-hydroxylation sites is 4. The molecule has 37 heavy (non-hydrogen) atoms. The third-order valence-electron chi connectivity index (χ3n) is 6.73. The SMILES string of the molecule is CCOc1ccccc1N1CC(c2nc3ccccc3n2CCCCOc2ccc(OC)cc2)CC1=O. The van der Waals surface area contributed by atoms with Crippen LogP contribution in [0.2, 0.25) is 0 Å². The molecule has 1 aliphatic heterocycles. The van der Waals surface area contributed by atoms with Crippen molar-refractivity contribution >= 4 is 22.6 Å². The van der Waals surface area contributed by atoms with E-state index < -0.39 is 0 Å². The normalized spacial score (nSPS) is 15.4. The summed E-state index contributed by atoms with van der Waals surface area (Å²) in [6.07, 6.45) is 2.29. The van der Waals surface area contributed by atoms with Crippen molar-refractivity contribution in [1.29, 1.82) is 0 Å². The van der Waals surface area contributed by atoms with Crippen LogP contribution in [-0.4, -0.2) is 42.3 Å². The molecule has 0 aliphatic carbocycles. The van der Waals surface area contributed by atoms with Gasteiger partial charge in [0.15, 0.2) is 0 Å². The molecule has 0 saturated carbocycles. The largest absolute Gasteiger partial charge is 0.497 e. The van der Waals surface area contributed by atoms with Crippen LogP contribution in [0.4, 0.5) is 5.69 Å². The number of carbonyl (C=O) groups is 1. The fourth-order valence-electron chi connectivity index (χ4n) is 4.95. The minimum absolute atomic E-state index is 0.0186. The number of benzene rings is 3. The van der Waals surface area contributed by atoms with Crippen molar-refractivity contribution in [3.63, 3.8) is 0 Å². The fourth-order valence-corrected chi connectivity index (χ4v) is 4.95. The second kappa shape index (κ2) is 11.4. The maximum atomic E-state index is 13.1. The number of imidazole rings is 1. The van der Waals surface area contributed by atoms with Crippen LogP contribution < -0.4 is 19.1 Å². The lowest BCUT2D eigenvalue weighted by Gasteiger charge is -2.20. The monoisotopic (exact) mass is 499 g/mol. The number of hydrogen-bond donors (Lipinski definition) is 0. The van der Waals surface area contributed by atoms with Crippen molar-refractivity contribution < 1.29 is 19.0 Å². The van der Waals surface area contributed by atoms with E-state index in [1.165, 1.54) is 0 Å². The second-order valence-electron chi connectivity index (χ2n) is 9.15. The fraction of sp³-hybridized carbons (Fsp3) is 0.333. The standard InChI is InChI=1S/C30H33N3O4/c1-3-36-28-13-7-6-12-27(28)33-21-22(20-29(33)34)30-31-25-10-4-5-11-26(25)32(30)18-8-9-19-37-24-16-14-23(35-2)15-17-24/h4-7,10-17,22H,3,8-9,18-21H2,1-2H3. The molecule has 2 heterocycles. The molecule has 1 amide bonds. The number of anilines is 1. The topological polar surface area (TPSA) is 65.8 Å². The van der Waals surface area contributed by atoms with Gasteiger partial charge in [0.25, 0.3) is 0 Å². The maximum Gasteiger partial charge on any atom is 0.227 e. The summed E-state index contributed by atoms with van der Waals surface area (Å²) < 4.78 is 19.2. The number of amides is 1. The summed E-state index contributed by atoms with van der Waals surface area (Å²) in [6, 6.07) is 23.6. The van der Waals surface area contributed by atoms with E-state index in [1.807, 2.05) is 78.6 Å². The number of methoxy groups -OCH3 is 1. The van der Waals surface area contributed by atoms with Crippen molar-refractivity contribution in [2.75, 3.05) is 31.8 Å². The molecule has 5 rings (SSSR count). The first kappa shape index (κ1) is 24.7. The summed E-state index contributed by atoms with van der Waals surface area (Å²) in [5.41, 5.74) is 2.90. The molecule has 1 saturated heterocycles. The highest BCUT2D eigenvalue weighted by atomic mass is 16.5. The van der Waals surface area contributed by atoms with Gasteiger partial charge in [0.05, 0.1) is 37.0 Å².